The van der Waals surface area contributed by atoms with Gasteiger partial charge >= 0.3 is 0 Å². The first-order valence-corrected chi connectivity index (χ1v) is 6.33. The molecule has 17 heavy (non-hydrogen) atoms. The Hall–Kier alpha value is -1.19. The van der Waals surface area contributed by atoms with Gasteiger partial charge in [0.25, 0.3) is 0 Å². The highest BCUT2D eigenvalue weighted by Gasteiger charge is 2.07. The van der Waals surface area contributed by atoms with Crippen molar-refractivity contribution in [2.24, 2.45) is 0 Å². The van der Waals surface area contributed by atoms with E-state index in [-0.39, 0.29) is 18.0 Å². The summed E-state index contributed by atoms with van der Waals surface area (Å²) < 4.78 is 13.6. The van der Waals surface area contributed by atoms with Crippen molar-refractivity contribution in [2.45, 2.75) is 12.8 Å². The van der Waals surface area contributed by atoms with Crippen molar-refractivity contribution in [3.8, 4) is 0 Å². The van der Waals surface area contributed by atoms with E-state index in [1.54, 1.807) is 18.2 Å². The molecule has 0 radical (unpaired) electrons. The Balaban J connectivity index is 1.98. The molecular weight excluding hydrogens is 259 g/mol. The fraction of sp³-hybridized carbons (Fsp3) is 0.154. The first-order chi connectivity index (χ1) is 8.13. The van der Waals surface area contributed by atoms with E-state index in [4.69, 9.17) is 11.6 Å². The third kappa shape index (κ3) is 3.65. The molecule has 1 aromatic carbocycles. The van der Waals surface area contributed by atoms with E-state index < -0.39 is 0 Å². The summed E-state index contributed by atoms with van der Waals surface area (Å²) in [6, 6.07) is 9.74. The van der Waals surface area contributed by atoms with Gasteiger partial charge in [-0.25, -0.2) is 4.39 Å². The van der Waals surface area contributed by atoms with E-state index in [0.717, 1.165) is 4.88 Å². The Bertz CT molecular complexity index is 536. The van der Waals surface area contributed by atoms with Crippen molar-refractivity contribution >= 4 is 28.7 Å². The highest BCUT2D eigenvalue weighted by Crippen LogP contribution is 2.22. The molecule has 0 aliphatic carbocycles. The summed E-state index contributed by atoms with van der Waals surface area (Å²) in [6.45, 7) is 0. The lowest BCUT2D eigenvalue weighted by atomic mass is 10.1. The molecule has 1 aromatic heterocycles. The first-order valence-electron chi connectivity index (χ1n) is 5.14. The largest absolute Gasteiger partial charge is 0.299 e. The molecule has 88 valence electrons. The molecule has 0 aliphatic rings. The van der Waals surface area contributed by atoms with Crippen molar-refractivity contribution in [1.82, 2.24) is 0 Å². The van der Waals surface area contributed by atoms with E-state index in [1.807, 2.05) is 6.07 Å². The second-order valence-electron chi connectivity index (χ2n) is 3.73. The molecule has 0 fully saturated rings. The minimum atomic E-state index is -0.311. The lowest BCUT2D eigenvalue weighted by Crippen LogP contribution is -2.05. The molecule has 2 aromatic rings. The number of hydrogen-bond donors (Lipinski definition) is 0. The SMILES string of the molecule is O=C(Cc1cccc(F)c1)Cc1ccc(Cl)s1. The van der Waals surface area contributed by atoms with Crippen LogP contribution in [0.25, 0.3) is 0 Å². The number of hydrogen-bond acceptors (Lipinski definition) is 2. The summed E-state index contributed by atoms with van der Waals surface area (Å²) in [5.74, 6) is -0.247. The maximum absolute atomic E-state index is 12.9. The number of carbonyl (C=O) groups excluding carboxylic acids is 1. The highest BCUT2D eigenvalue weighted by atomic mass is 35.5. The fourth-order valence-electron chi connectivity index (χ4n) is 1.58. The van der Waals surface area contributed by atoms with Crippen molar-refractivity contribution < 1.29 is 9.18 Å². The summed E-state index contributed by atoms with van der Waals surface area (Å²) in [6.07, 6.45) is 0.612. The van der Waals surface area contributed by atoms with Crippen LogP contribution in [0, 0.1) is 5.82 Å². The molecule has 0 saturated carbocycles. The van der Waals surface area contributed by atoms with E-state index in [2.05, 4.69) is 0 Å². The Kier molecular flexibility index (Phi) is 3.92. The minimum Gasteiger partial charge on any atom is -0.299 e. The molecule has 4 heteroatoms. The molecule has 2 rings (SSSR count). The Labute approximate surface area is 108 Å². The van der Waals surface area contributed by atoms with Crippen LogP contribution in [-0.4, -0.2) is 5.78 Å². The van der Waals surface area contributed by atoms with Crippen LogP contribution in [0.3, 0.4) is 0 Å². The van der Waals surface area contributed by atoms with Crippen LogP contribution >= 0.6 is 22.9 Å². The molecule has 1 heterocycles. The van der Waals surface area contributed by atoms with E-state index in [1.165, 1.54) is 23.5 Å². The zero-order valence-electron chi connectivity index (χ0n) is 8.95. The van der Waals surface area contributed by atoms with Crippen LogP contribution < -0.4 is 0 Å². The van der Waals surface area contributed by atoms with Gasteiger partial charge in [-0.05, 0) is 29.8 Å². The van der Waals surface area contributed by atoms with E-state index >= 15 is 0 Å². The standard InChI is InChI=1S/C13H10ClFOS/c14-13-5-4-12(17-13)8-11(16)7-9-2-1-3-10(15)6-9/h1-6H,7-8H2. The number of thiophene rings is 1. The van der Waals surface area contributed by atoms with E-state index in [9.17, 15) is 9.18 Å². The second kappa shape index (κ2) is 5.43. The Morgan fingerprint density at radius 1 is 1.24 bits per heavy atom. The molecule has 0 N–H and O–H groups in total. The monoisotopic (exact) mass is 268 g/mol. The Morgan fingerprint density at radius 2 is 2.06 bits per heavy atom. The predicted molar refractivity (Wildman–Crippen MR) is 68.1 cm³/mol. The summed E-state index contributed by atoms with van der Waals surface area (Å²) in [5.41, 5.74) is 0.706. The zero-order valence-corrected chi connectivity index (χ0v) is 10.5. The topological polar surface area (TPSA) is 17.1 Å². The molecule has 0 amide bonds. The van der Waals surface area contributed by atoms with Gasteiger partial charge in [0, 0.05) is 17.7 Å². The van der Waals surface area contributed by atoms with Crippen LogP contribution in [0.15, 0.2) is 36.4 Å². The van der Waals surface area contributed by atoms with Crippen LogP contribution in [0.5, 0.6) is 0 Å². The third-order valence-corrected chi connectivity index (χ3v) is 3.52. The normalized spacial score (nSPS) is 10.5. The third-order valence-electron chi connectivity index (χ3n) is 2.29. The van der Waals surface area contributed by atoms with Gasteiger partial charge in [0.2, 0.25) is 0 Å². The predicted octanol–water partition coefficient (Wildman–Crippen LogP) is 3.89. The number of carbonyl (C=O) groups is 1. The molecule has 1 nitrogen and oxygen atoms in total. The first kappa shape index (κ1) is 12.3. The smallest absolute Gasteiger partial charge is 0.142 e. The molecule has 0 aliphatic heterocycles. The van der Waals surface area contributed by atoms with Crippen molar-refractivity contribution in [3.05, 3.63) is 57.0 Å². The molecule has 0 unspecified atom stereocenters. The maximum Gasteiger partial charge on any atom is 0.142 e. The molecule has 0 spiro atoms. The van der Waals surface area contributed by atoms with Crippen molar-refractivity contribution in [2.75, 3.05) is 0 Å². The second-order valence-corrected chi connectivity index (χ2v) is 5.53. The van der Waals surface area contributed by atoms with Gasteiger partial charge in [0.05, 0.1) is 4.34 Å². The number of benzene rings is 1. The van der Waals surface area contributed by atoms with Gasteiger partial charge in [-0.15, -0.1) is 11.3 Å². The van der Waals surface area contributed by atoms with Gasteiger partial charge in [-0.2, -0.15) is 0 Å². The Morgan fingerprint density at radius 3 is 2.71 bits per heavy atom. The molecule has 0 bridgehead atoms. The van der Waals surface area contributed by atoms with Gasteiger partial charge < -0.3 is 0 Å². The number of halogens is 2. The highest BCUT2D eigenvalue weighted by molar-refractivity contribution is 7.16. The average Bonchev–Trinajstić information content (AvgIpc) is 2.63. The van der Waals surface area contributed by atoms with Gasteiger partial charge in [-0.3, -0.25) is 4.79 Å². The van der Waals surface area contributed by atoms with Crippen LogP contribution in [-0.2, 0) is 17.6 Å². The fourth-order valence-corrected chi connectivity index (χ4v) is 2.69. The lowest BCUT2D eigenvalue weighted by molar-refractivity contribution is -0.117. The van der Waals surface area contributed by atoms with Gasteiger partial charge in [-0.1, -0.05) is 23.7 Å². The molecule has 0 saturated heterocycles. The quantitative estimate of drug-likeness (QED) is 0.822. The lowest BCUT2D eigenvalue weighted by Gasteiger charge is -2.00. The maximum atomic E-state index is 12.9. The summed E-state index contributed by atoms with van der Waals surface area (Å²) in [4.78, 5) is 12.7. The van der Waals surface area contributed by atoms with Crippen molar-refractivity contribution in [3.63, 3.8) is 0 Å². The number of rotatable bonds is 4. The average molecular weight is 269 g/mol. The van der Waals surface area contributed by atoms with Crippen molar-refractivity contribution in [1.29, 1.82) is 0 Å². The van der Waals surface area contributed by atoms with E-state index in [0.29, 0.717) is 16.3 Å². The number of ketones is 1. The minimum absolute atomic E-state index is 0.0640. The van der Waals surface area contributed by atoms with Crippen LogP contribution in [0.2, 0.25) is 4.34 Å². The van der Waals surface area contributed by atoms with Crippen LogP contribution in [0.1, 0.15) is 10.4 Å². The van der Waals surface area contributed by atoms with Gasteiger partial charge in [0.1, 0.15) is 11.6 Å². The summed E-state index contributed by atoms with van der Waals surface area (Å²) in [7, 11) is 0. The number of Topliss-reactive ketones (excluding diaryl/α,β-unsaturated/α-hetero) is 1. The molecular formula is C13H10ClFOS. The zero-order chi connectivity index (χ0) is 12.3. The molecule has 0 atom stereocenters. The summed E-state index contributed by atoms with van der Waals surface area (Å²) >= 11 is 7.18. The van der Waals surface area contributed by atoms with Crippen LogP contribution in [0.4, 0.5) is 4.39 Å². The summed E-state index contributed by atoms with van der Waals surface area (Å²) in [5, 5.41) is 0. The van der Waals surface area contributed by atoms with Gasteiger partial charge in [0.15, 0.2) is 0 Å².